The minimum Gasteiger partial charge on any atom is -0.463 e. The van der Waals surface area contributed by atoms with E-state index >= 15 is 0 Å². The van der Waals surface area contributed by atoms with Gasteiger partial charge in [-0.1, -0.05) is 84.9 Å². The van der Waals surface area contributed by atoms with Crippen LogP contribution < -0.4 is 10.6 Å². The van der Waals surface area contributed by atoms with Crippen LogP contribution in [0.15, 0.2) is 42.0 Å². The number of carbonyl (C=O) groups excluding carboxylic acids is 3. The van der Waals surface area contributed by atoms with Crippen molar-refractivity contribution in [1.29, 1.82) is 0 Å². The summed E-state index contributed by atoms with van der Waals surface area (Å²) in [6, 6.07) is 8.19. The molecule has 0 aliphatic heterocycles. The normalized spacial score (nSPS) is 15.2. The average molecular weight is 502 g/mol. The van der Waals surface area contributed by atoms with E-state index in [2.05, 4.69) is 10.6 Å². The van der Waals surface area contributed by atoms with Crippen molar-refractivity contribution in [3.8, 4) is 0 Å². The van der Waals surface area contributed by atoms with Gasteiger partial charge in [-0.3, -0.25) is 9.59 Å². The van der Waals surface area contributed by atoms with E-state index in [4.69, 9.17) is 4.74 Å². The van der Waals surface area contributed by atoms with Gasteiger partial charge in [0.05, 0.1) is 18.7 Å². The summed E-state index contributed by atoms with van der Waals surface area (Å²) in [4.78, 5) is 41.2. The number of nitrogens with one attached hydrogen (secondary N) is 2. The number of ether oxygens (including phenoxy) is 1. The first-order chi connectivity index (χ1) is 16.6. The molecule has 7 heteroatoms. The van der Waals surface area contributed by atoms with Gasteiger partial charge in [0.25, 0.3) is 0 Å². The van der Waals surface area contributed by atoms with Crippen LogP contribution in [0.2, 0.25) is 0 Å². The van der Waals surface area contributed by atoms with E-state index in [1.807, 2.05) is 78.8 Å². The molecule has 7 nitrogen and oxygen atoms in total. The van der Waals surface area contributed by atoms with E-state index in [9.17, 15) is 14.4 Å². The molecule has 2 amide bonds. The first kappa shape index (κ1) is 31.4. The Morgan fingerprint density at radius 2 is 1.58 bits per heavy atom. The Kier molecular flexibility index (Phi) is 11.4. The van der Waals surface area contributed by atoms with Crippen molar-refractivity contribution >= 4 is 17.8 Å². The number of benzene rings is 1. The van der Waals surface area contributed by atoms with Crippen LogP contribution in [0.3, 0.4) is 0 Å². The summed E-state index contributed by atoms with van der Waals surface area (Å²) in [5.41, 5.74) is 0.413. The third-order valence-corrected chi connectivity index (χ3v) is 6.69. The predicted octanol–water partition coefficient (Wildman–Crippen LogP) is 4.08. The first-order valence-electron chi connectivity index (χ1n) is 12.7. The number of rotatable bonds is 11. The van der Waals surface area contributed by atoms with Crippen LogP contribution in [-0.4, -0.2) is 61.5 Å². The van der Waals surface area contributed by atoms with Gasteiger partial charge < -0.3 is 20.3 Å². The van der Waals surface area contributed by atoms with Gasteiger partial charge >= 0.3 is 5.97 Å². The number of hydrogen-bond donors (Lipinski definition) is 2. The van der Waals surface area contributed by atoms with E-state index in [0.717, 1.165) is 5.56 Å². The van der Waals surface area contributed by atoms with Crippen LogP contribution in [0.25, 0.3) is 0 Å². The van der Waals surface area contributed by atoms with E-state index in [0.29, 0.717) is 5.57 Å². The highest BCUT2D eigenvalue weighted by molar-refractivity contribution is 5.92. The molecule has 0 spiro atoms. The molecule has 1 rings (SSSR count). The molecule has 1 unspecified atom stereocenters. The molecule has 0 bridgehead atoms. The van der Waals surface area contributed by atoms with Gasteiger partial charge in [0, 0.05) is 18.0 Å². The largest absolute Gasteiger partial charge is 0.463 e. The summed E-state index contributed by atoms with van der Waals surface area (Å²) in [5, 5.41) is 6.21. The lowest BCUT2D eigenvalue weighted by Gasteiger charge is -2.40. The number of nitrogens with zero attached hydrogens (tertiary/aromatic N) is 1. The van der Waals surface area contributed by atoms with Crippen molar-refractivity contribution in [3.05, 3.63) is 47.5 Å². The van der Waals surface area contributed by atoms with E-state index < -0.39 is 28.9 Å². The standard InChI is InChI=1S/C29H47N3O4/c1-12-36-27(35)20(4)18-22(19(2)3)32(11)26(34)24(28(5,6)7)31-25(33)23(30-10)29(8,9)21-16-14-13-15-17-21/h13-19,22-24,30H,12H2,1-11H3,(H,31,33)/t22-,23?,24+/m0/s1. The van der Waals surface area contributed by atoms with Crippen LogP contribution in [0.1, 0.15) is 67.9 Å². The molecular weight excluding hydrogens is 454 g/mol. The lowest BCUT2D eigenvalue weighted by molar-refractivity contribution is -0.141. The van der Waals surface area contributed by atoms with E-state index in [-0.39, 0.29) is 30.4 Å². The fraction of sp³-hybridized carbons (Fsp3) is 0.621. The Morgan fingerprint density at radius 3 is 2.03 bits per heavy atom. The highest BCUT2D eigenvalue weighted by atomic mass is 16.5. The predicted molar refractivity (Wildman–Crippen MR) is 145 cm³/mol. The lowest BCUT2D eigenvalue weighted by atomic mass is 9.76. The molecule has 0 saturated carbocycles. The maximum Gasteiger partial charge on any atom is 0.333 e. The maximum absolute atomic E-state index is 13.8. The molecule has 1 aromatic carbocycles. The number of amides is 2. The van der Waals surface area contributed by atoms with Crippen molar-refractivity contribution in [1.82, 2.24) is 15.5 Å². The Balaban J connectivity index is 3.28. The smallest absolute Gasteiger partial charge is 0.333 e. The summed E-state index contributed by atoms with van der Waals surface area (Å²) in [7, 11) is 3.48. The van der Waals surface area contributed by atoms with Crippen LogP contribution in [0.5, 0.6) is 0 Å². The summed E-state index contributed by atoms with van der Waals surface area (Å²) in [6.07, 6.45) is 1.77. The molecule has 202 valence electrons. The van der Waals surface area contributed by atoms with Crippen LogP contribution in [0, 0.1) is 11.3 Å². The van der Waals surface area contributed by atoms with Gasteiger partial charge in [0.15, 0.2) is 0 Å². The minimum absolute atomic E-state index is 0.0433. The highest BCUT2D eigenvalue weighted by Gasteiger charge is 2.41. The molecule has 0 aliphatic carbocycles. The number of esters is 1. The lowest BCUT2D eigenvalue weighted by Crippen LogP contribution is -2.61. The summed E-state index contributed by atoms with van der Waals surface area (Å²) in [6.45, 7) is 17.6. The molecule has 0 heterocycles. The van der Waals surface area contributed by atoms with Crippen molar-refractivity contribution < 1.29 is 19.1 Å². The zero-order chi connectivity index (χ0) is 27.8. The molecule has 1 aromatic rings. The highest BCUT2D eigenvalue weighted by Crippen LogP contribution is 2.29. The molecular formula is C29H47N3O4. The summed E-state index contributed by atoms with van der Waals surface area (Å²) >= 11 is 0. The van der Waals surface area contributed by atoms with Crippen LogP contribution >= 0.6 is 0 Å². The van der Waals surface area contributed by atoms with Gasteiger partial charge in [0.2, 0.25) is 11.8 Å². The molecule has 0 fully saturated rings. The first-order valence-corrected chi connectivity index (χ1v) is 12.7. The SMILES string of the molecule is CCOC(=O)C(C)=C[C@@H](C(C)C)N(C)C(=O)[C@@H](NC(=O)C(NC)C(C)(C)c1ccccc1)C(C)(C)C. The Hall–Kier alpha value is -2.67. The summed E-state index contributed by atoms with van der Waals surface area (Å²) < 4.78 is 5.11. The maximum atomic E-state index is 13.8. The number of carbonyl (C=O) groups is 3. The van der Waals surface area contributed by atoms with Gasteiger partial charge in [-0.15, -0.1) is 0 Å². The van der Waals surface area contributed by atoms with E-state index in [1.165, 1.54) is 0 Å². The fourth-order valence-electron chi connectivity index (χ4n) is 4.40. The van der Waals surface area contributed by atoms with E-state index in [1.54, 1.807) is 38.9 Å². The summed E-state index contributed by atoms with van der Waals surface area (Å²) in [5.74, 6) is -0.811. The van der Waals surface area contributed by atoms with Gasteiger partial charge in [-0.25, -0.2) is 4.79 Å². The quantitative estimate of drug-likeness (QED) is 0.352. The zero-order valence-electron chi connectivity index (χ0n) is 24.1. The molecule has 36 heavy (non-hydrogen) atoms. The van der Waals surface area contributed by atoms with Crippen molar-refractivity contribution in [3.63, 3.8) is 0 Å². The van der Waals surface area contributed by atoms with Gasteiger partial charge in [0.1, 0.15) is 6.04 Å². The second kappa shape index (κ2) is 13.0. The minimum atomic E-state index is -0.769. The monoisotopic (exact) mass is 501 g/mol. The molecule has 2 N–H and O–H groups in total. The Morgan fingerprint density at radius 1 is 1.03 bits per heavy atom. The van der Waals surface area contributed by atoms with Crippen LogP contribution in [-0.2, 0) is 24.5 Å². The van der Waals surface area contributed by atoms with Crippen molar-refractivity contribution in [2.75, 3.05) is 20.7 Å². The van der Waals surface area contributed by atoms with Gasteiger partial charge in [-0.05, 0) is 37.8 Å². The molecule has 0 aliphatic rings. The molecule has 0 saturated heterocycles. The van der Waals surface area contributed by atoms with Crippen molar-refractivity contribution in [2.24, 2.45) is 11.3 Å². The third-order valence-electron chi connectivity index (χ3n) is 6.69. The Labute approximate surface area is 218 Å². The van der Waals surface area contributed by atoms with Crippen molar-refractivity contribution in [2.45, 2.75) is 85.9 Å². The van der Waals surface area contributed by atoms with Gasteiger partial charge in [-0.2, -0.15) is 0 Å². The number of hydrogen-bond acceptors (Lipinski definition) is 5. The second-order valence-electron chi connectivity index (χ2n) is 11.4. The topological polar surface area (TPSA) is 87.7 Å². The average Bonchev–Trinajstić information content (AvgIpc) is 2.80. The molecule has 3 atom stereocenters. The Bertz CT molecular complexity index is 916. The molecule has 0 radical (unpaired) electrons. The zero-order valence-corrected chi connectivity index (χ0v) is 24.1. The van der Waals surface area contributed by atoms with Crippen LogP contribution in [0.4, 0.5) is 0 Å². The molecule has 0 aromatic heterocycles. The fourth-order valence-corrected chi connectivity index (χ4v) is 4.40. The number of likely N-dealkylation sites (N-methyl/N-ethyl adjacent to an activating group) is 2. The second-order valence-corrected chi connectivity index (χ2v) is 11.4. The third kappa shape index (κ3) is 7.92.